The summed E-state index contributed by atoms with van der Waals surface area (Å²) in [5, 5.41) is 0. The Labute approximate surface area is 79.3 Å². The number of hydrogen-bond acceptors (Lipinski definition) is 0. The minimum Gasteiger partial charge on any atom is -0.243 e. The molecule has 1 aromatic carbocycles. The van der Waals surface area contributed by atoms with Gasteiger partial charge in [-0.15, -0.1) is 0 Å². The Morgan fingerprint density at radius 1 is 1.42 bits per heavy atom. The Morgan fingerprint density at radius 2 is 2.17 bits per heavy atom. The Balaban J connectivity index is 2.87. The molecule has 0 aliphatic rings. The van der Waals surface area contributed by atoms with Crippen LogP contribution in [0.5, 0.6) is 0 Å². The minimum atomic E-state index is 1.16. The Morgan fingerprint density at radius 3 is 2.92 bits per heavy atom. The van der Waals surface area contributed by atoms with Crippen LogP contribution in [0.1, 0.15) is 5.56 Å². The number of H-pyrrole nitrogens is 1. The van der Waals surface area contributed by atoms with Crippen molar-refractivity contribution < 1.29 is 4.57 Å². The lowest BCUT2D eigenvalue weighted by atomic mass is 10.2. The molecule has 2 aromatic rings. The summed E-state index contributed by atoms with van der Waals surface area (Å²) in [6.45, 7) is 2.09. The zero-order chi connectivity index (χ0) is 8.72. The normalized spacial score (nSPS) is 10.9. The SMILES string of the molecule is Cc1cc2[nH]c[n+](C)c2cc1Br. The fourth-order valence-corrected chi connectivity index (χ4v) is 1.65. The van der Waals surface area contributed by atoms with Crippen molar-refractivity contribution in [2.75, 3.05) is 0 Å². The first-order valence-corrected chi connectivity index (χ1v) is 4.60. The Bertz CT molecular complexity index is 431. The Hall–Kier alpha value is -0.830. The van der Waals surface area contributed by atoms with Gasteiger partial charge in [0, 0.05) is 10.5 Å². The van der Waals surface area contributed by atoms with E-state index < -0.39 is 0 Å². The second kappa shape index (κ2) is 2.59. The average Bonchev–Trinajstić information content (AvgIpc) is 2.35. The molecule has 1 aromatic heterocycles. The van der Waals surface area contributed by atoms with Crippen LogP contribution in [-0.2, 0) is 7.05 Å². The molecule has 0 saturated carbocycles. The van der Waals surface area contributed by atoms with Crippen molar-refractivity contribution in [2.45, 2.75) is 6.92 Å². The fourth-order valence-electron chi connectivity index (χ4n) is 1.31. The summed E-state index contributed by atoms with van der Waals surface area (Å²) in [6, 6.07) is 4.26. The minimum absolute atomic E-state index is 1.16. The molecule has 0 amide bonds. The first-order chi connectivity index (χ1) is 5.68. The van der Waals surface area contributed by atoms with Crippen LogP contribution in [-0.4, -0.2) is 4.98 Å². The fraction of sp³-hybridized carbons (Fsp3) is 0.222. The first kappa shape index (κ1) is 7.80. The number of rotatable bonds is 0. The largest absolute Gasteiger partial charge is 0.243 e. The molecule has 1 heterocycles. The summed E-state index contributed by atoms with van der Waals surface area (Å²) in [5.74, 6) is 0. The van der Waals surface area contributed by atoms with E-state index in [2.05, 4.69) is 44.5 Å². The maximum atomic E-state index is 3.51. The molecule has 0 aliphatic heterocycles. The number of hydrogen-bond donors (Lipinski definition) is 1. The molecule has 2 rings (SSSR count). The number of benzene rings is 1. The summed E-state index contributed by atoms with van der Waals surface area (Å²) in [4.78, 5) is 3.20. The summed E-state index contributed by atoms with van der Waals surface area (Å²) in [5.41, 5.74) is 3.65. The Kier molecular flexibility index (Phi) is 1.68. The highest BCUT2D eigenvalue weighted by molar-refractivity contribution is 9.10. The zero-order valence-electron chi connectivity index (χ0n) is 7.06. The molecule has 12 heavy (non-hydrogen) atoms. The van der Waals surface area contributed by atoms with Gasteiger partial charge in [-0.3, -0.25) is 0 Å². The van der Waals surface area contributed by atoms with Crippen LogP contribution in [0.3, 0.4) is 0 Å². The van der Waals surface area contributed by atoms with Crippen LogP contribution in [0.25, 0.3) is 11.0 Å². The molecule has 0 saturated heterocycles. The van der Waals surface area contributed by atoms with Gasteiger partial charge < -0.3 is 0 Å². The summed E-state index contributed by atoms with van der Waals surface area (Å²) >= 11 is 3.51. The molecule has 0 aliphatic carbocycles. The second-order valence-corrected chi connectivity index (χ2v) is 3.86. The van der Waals surface area contributed by atoms with Gasteiger partial charge in [-0.25, -0.2) is 9.55 Å². The monoisotopic (exact) mass is 225 g/mol. The highest BCUT2D eigenvalue weighted by Gasteiger charge is 2.07. The van der Waals surface area contributed by atoms with E-state index in [1.165, 1.54) is 16.6 Å². The van der Waals surface area contributed by atoms with Crippen molar-refractivity contribution in [3.63, 3.8) is 0 Å². The van der Waals surface area contributed by atoms with E-state index in [0.29, 0.717) is 0 Å². The van der Waals surface area contributed by atoms with E-state index in [-0.39, 0.29) is 0 Å². The van der Waals surface area contributed by atoms with E-state index in [9.17, 15) is 0 Å². The van der Waals surface area contributed by atoms with Gasteiger partial charge in [-0.05, 0) is 18.6 Å². The predicted molar refractivity (Wildman–Crippen MR) is 51.9 cm³/mol. The standard InChI is InChI=1S/C9H9BrN2/c1-6-3-8-9(4-7(6)10)12(2)5-11-8/h3-5H,1-2H3/p+1. The van der Waals surface area contributed by atoms with Crippen LogP contribution in [0, 0.1) is 6.92 Å². The lowest BCUT2D eigenvalue weighted by Gasteiger charge is -1.94. The molecule has 1 N–H and O–H groups in total. The summed E-state index contributed by atoms with van der Waals surface area (Å²) in [6.07, 6.45) is 1.95. The molecule has 0 spiro atoms. The van der Waals surface area contributed by atoms with Gasteiger partial charge in [0.1, 0.15) is 0 Å². The van der Waals surface area contributed by atoms with Crippen LogP contribution < -0.4 is 4.57 Å². The van der Waals surface area contributed by atoms with E-state index in [1.54, 1.807) is 0 Å². The second-order valence-electron chi connectivity index (χ2n) is 3.00. The number of nitrogens with zero attached hydrogens (tertiary/aromatic N) is 1. The van der Waals surface area contributed by atoms with E-state index in [4.69, 9.17) is 0 Å². The summed E-state index contributed by atoms with van der Waals surface area (Å²) < 4.78 is 3.23. The maximum Gasteiger partial charge on any atom is 0.242 e. The smallest absolute Gasteiger partial charge is 0.242 e. The molecule has 62 valence electrons. The number of imidazole rings is 1. The lowest BCUT2D eigenvalue weighted by molar-refractivity contribution is -0.644. The van der Waals surface area contributed by atoms with Crippen molar-refractivity contribution in [1.29, 1.82) is 0 Å². The number of nitrogens with one attached hydrogen (secondary N) is 1. The maximum absolute atomic E-state index is 3.51. The third kappa shape index (κ3) is 1.05. The third-order valence-corrected chi connectivity index (χ3v) is 2.92. The van der Waals surface area contributed by atoms with Crippen molar-refractivity contribution in [3.05, 3.63) is 28.5 Å². The van der Waals surface area contributed by atoms with Crippen molar-refractivity contribution in [2.24, 2.45) is 7.05 Å². The zero-order valence-corrected chi connectivity index (χ0v) is 8.64. The molecular formula is C9H10BrN2+. The van der Waals surface area contributed by atoms with Gasteiger partial charge in [-0.1, -0.05) is 15.9 Å². The molecule has 2 nitrogen and oxygen atoms in total. The van der Waals surface area contributed by atoms with Gasteiger partial charge in [0.2, 0.25) is 6.33 Å². The highest BCUT2D eigenvalue weighted by atomic mass is 79.9. The molecule has 0 radical (unpaired) electrons. The van der Waals surface area contributed by atoms with E-state index >= 15 is 0 Å². The first-order valence-electron chi connectivity index (χ1n) is 3.81. The quantitative estimate of drug-likeness (QED) is 0.663. The summed E-state index contributed by atoms with van der Waals surface area (Å²) in [7, 11) is 2.03. The van der Waals surface area contributed by atoms with Crippen LogP contribution in [0.4, 0.5) is 0 Å². The molecule has 0 atom stereocenters. The van der Waals surface area contributed by atoms with E-state index in [0.717, 1.165) is 4.47 Å². The number of aromatic nitrogens is 2. The molecule has 0 fully saturated rings. The van der Waals surface area contributed by atoms with Crippen molar-refractivity contribution in [1.82, 2.24) is 4.98 Å². The lowest BCUT2D eigenvalue weighted by Crippen LogP contribution is -2.24. The number of aromatic amines is 1. The van der Waals surface area contributed by atoms with Gasteiger partial charge >= 0.3 is 0 Å². The van der Waals surface area contributed by atoms with Crippen LogP contribution >= 0.6 is 15.9 Å². The van der Waals surface area contributed by atoms with Gasteiger partial charge in [0.15, 0.2) is 11.0 Å². The van der Waals surface area contributed by atoms with Crippen LogP contribution in [0.15, 0.2) is 22.9 Å². The van der Waals surface area contributed by atoms with Crippen molar-refractivity contribution in [3.8, 4) is 0 Å². The molecule has 0 unspecified atom stereocenters. The highest BCUT2D eigenvalue weighted by Crippen LogP contribution is 2.20. The van der Waals surface area contributed by atoms with Gasteiger partial charge in [-0.2, -0.15) is 0 Å². The van der Waals surface area contributed by atoms with Crippen LogP contribution in [0.2, 0.25) is 0 Å². The predicted octanol–water partition coefficient (Wildman–Crippen LogP) is 2.06. The molecule has 0 bridgehead atoms. The number of aryl methyl sites for hydroxylation is 2. The third-order valence-electron chi connectivity index (χ3n) is 2.07. The van der Waals surface area contributed by atoms with Gasteiger partial charge in [0.25, 0.3) is 0 Å². The number of fused-ring (bicyclic) bond motifs is 1. The average molecular weight is 226 g/mol. The van der Waals surface area contributed by atoms with Crippen molar-refractivity contribution >= 4 is 27.0 Å². The molecule has 3 heteroatoms. The van der Waals surface area contributed by atoms with Gasteiger partial charge in [0.05, 0.1) is 7.05 Å². The van der Waals surface area contributed by atoms with E-state index in [1.807, 2.05) is 13.4 Å². The topological polar surface area (TPSA) is 19.7 Å². The molecular weight excluding hydrogens is 216 g/mol. The number of halogens is 1.